The molecule has 0 spiro atoms. The summed E-state index contributed by atoms with van der Waals surface area (Å²) in [4.78, 5) is 0.266. The highest BCUT2D eigenvalue weighted by Crippen LogP contribution is 2.66. The summed E-state index contributed by atoms with van der Waals surface area (Å²) >= 11 is 0. The third-order valence-electron chi connectivity index (χ3n) is 10.4. The summed E-state index contributed by atoms with van der Waals surface area (Å²) in [7, 11) is -3.76. The van der Waals surface area contributed by atoms with Gasteiger partial charge in [0.05, 0.1) is 11.0 Å². The first-order chi connectivity index (χ1) is 15.7. The van der Waals surface area contributed by atoms with Crippen LogP contribution >= 0.6 is 0 Å². The number of nitrogens with zero attached hydrogens (tertiary/aromatic N) is 2. The maximum atomic E-state index is 13.1. The van der Waals surface area contributed by atoms with E-state index >= 15 is 0 Å². The van der Waals surface area contributed by atoms with Crippen molar-refractivity contribution in [1.29, 1.82) is 0 Å². The van der Waals surface area contributed by atoms with Gasteiger partial charge < -0.3 is 11.0 Å². The lowest BCUT2D eigenvalue weighted by Crippen LogP contribution is -2.55. The Hall–Kier alpha value is -1.47. The van der Waals surface area contributed by atoms with E-state index in [2.05, 4.69) is 24.5 Å². The Balaban J connectivity index is 1.33. The number of aryl methyl sites for hydroxylation is 1. The smallest absolute Gasteiger partial charge is 0.297 e. The maximum absolute atomic E-state index is 13.1. The molecule has 4 aliphatic carbocycles. The van der Waals surface area contributed by atoms with Gasteiger partial charge in [0, 0.05) is 0 Å². The lowest BCUT2D eigenvalue weighted by molar-refractivity contribution is -0.120. The molecule has 0 radical (unpaired) electrons. The van der Waals surface area contributed by atoms with Crippen molar-refractivity contribution in [2.24, 2.45) is 39.7 Å². The van der Waals surface area contributed by atoms with Crippen molar-refractivity contribution in [2.75, 3.05) is 0 Å². The molecular formula is C26H38N3O3S-. The molecule has 0 unspecified atom stereocenters. The normalized spacial score (nSPS) is 42.6. The zero-order valence-corrected chi connectivity index (χ0v) is 21.0. The molecule has 0 saturated heterocycles. The molecule has 7 heteroatoms. The van der Waals surface area contributed by atoms with E-state index in [0.29, 0.717) is 29.1 Å². The molecule has 0 heterocycles. The average Bonchev–Trinajstić information content (AvgIpc) is 3.10. The largest absolute Gasteiger partial charge is 0.411 e. The molecule has 182 valence electrons. The molecule has 0 aliphatic heterocycles. The molecule has 6 nitrogen and oxygen atoms in total. The highest BCUT2D eigenvalue weighted by atomic mass is 32.2. The highest BCUT2D eigenvalue weighted by Gasteiger charge is 2.61. The van der Waals surface area contributed by atoms with Gasteiger partial charge in [-0.1, -0.05) is 31.5 Å². The fraction of sp³-hybridized carbons (Fsp3) is 0.769. The zero-order valence-electron chi connectivity index (χ0n) is 20.2. The number of hydrogen-bond donors (Lipinski definition) is 1. The minimum Gasteiger partial charge on any atom is -0.411 e. The standard InChI is InChI=1S/C26H38N3O3S/c1-17-4-7-20(8-5-17)33(30,31)32-24-11-10-22-21-9-6-18-16-19(28-29-27)12-14-25(18,2)23(21)13-15-26(22,24)3/h4-5,7-8,18-19,21-24H,6,9-16H2,1-3H3,(H-,27,28)/q-1/t18-,19-,21-,22+,23+,24+,25+,26+/m1/s1. The van der Waals surface area contributed by atoms with Gasteiger partial charge in [-0.3, -0.25) is 9.41 Å². The Morgan fingerprint density at radius 1 is 0.970 bits per heavy atom. The summed E-state index contributed by atoms with van der Waals surface area (Å²) in [6, 6.07) is 7.27. The van der Waals surface area contributed by atoms with E-state index in [4.69, 9.17) is 9.71 Å². The first-order valence-corrected chi connectivity index (χ1v) is 14.2. The van der Waals surface area contributed by atoms with Gasteiger partial charge >= 0.3 is 0 Å². The van der Waals surface area contributed by atoms with Gasteiger partial charge in [0.15, 0.2) is 0 Å². The molecule has 0 aromatic heterocycles. The molecular weight excluding hydrogens is 434 g/mol. The second kappa shape index (κ2) is 8.33. The van der Waals surface area contributed by atoms with Crippen LogP contribution in [-0.2, 0) is 14.3 Å². The van der Waals surface area contributed by atoms with Gasteiger partial charge in [0.25, 0.3) is 10.1 Å². The predicted octanol–water partition coefficient (Wildman–Crippen LogP) is 6.01. The van der Waals surface area contributed by atoms with Crippen LogP contribution in [0.1, 0.15) is 77.2 Å². The fourth-order valence-corrected chi connectivity index (χ4v) is 9.68. The lowest BCUT2D eigenvalue weighted by atomic mass is 9.45. The molecule has 1 N–H and O–H groups in total. The van der Waals surface area contributed by atoms with E-state index in [9.17, 15) is 8.42 Å². The Kier molecular flexibility index (Phi) is 5.88. The van der Waals surface area contributed by atoms with Crippen LogP contribution in [0.5, 0.6) is 0 Å². The van der Waals surface area contributed by atoms with Crippen LogP contribution in [-0.4, -0.2) is 20.6 Å². The van der Waals surface area contributed by atoms with Crippen LogP contribution in [0, 0.1) is 41.4 Å². The van der Waals surface area contributed by atoms with E-state index in [0.717, 1.165) is 44.1 Å². The second-order valence-electron chi connectivity index (χ2n) is 11.8. The molecule has 8 atom stereocenters. The third kappa shape index (κ3) is 3.83. The maximum Gasteiger partial charge on any atom is 0.297 e. The Labute approximate surface area is 198 Å². The van der Waals surface area contributed by atoms with Gasteiger partial charge in [-0.25, -0.2) is 0 Å². The molecule has 0 bridgehead atoms. The molecule has 1 aromatic rings. The monoisotopic (exact) mass is 472 g/mol. The second-order valence-corrected chi connectivity index (χ2v) is 13.4. The molecule has 5 rings (SSSR count). The van der Waals surface area contributed by atoms with Crippen molar-refractivity contribution in [3.05, 3.63) is 35.4 Å². The van der Waals surface area contributed by atoms with Crippen LogP contribution < -0.4 is 5.43 Å². The Bertz CT molecular complexity index is 997. The van der Waals surface area contributed by atoms with E-state index < -0.39 is 10.1 Å². The van der Waals surface area contributed by atoms with Gasteiger partial charge in [-0.15, -0.1) is 0 Å². The number of nitrogens with one attached hydrogen (secondary N) is 1. The van der Waals surface area contributed by atoms with E-state index in [-0.39, 0.29) is 22.5 Å². The first-order valence-electron chi connectivity index (χ1n) is 12.8. The van der Waals surface area contributed by atoms with E-state index in [1.165, 1.54) is 19.3 Å². The predicted molar refractivity (Wildman–Crippen MR) is 128 cm³/mol. The quantitative estimate of drug-likeness (QED) is 0.323. The minimum atomic E-state index is -3.76. The number of benzene rings is 1. The molecule has 33 heavy (non-hydrogen) atoms. The molecule has 0 amide bonds. The SMILES string of the molecule is Cc1ccc(S(=O)(=O)O[C@H]2CC[C@H]3[C@H]4CC[C@@H]5C[C@H](NN=[N-])CC[C@]5(C)[C@H]4CC[C@]23C)cc1. The molecule has 4 saturated carbocycles. The summed E-state index contributed by atoms with van der Waals surface area (Å²) < 4.78 is 32.1. The van der Waals surface area contributed by atoms with Crippen LogP contribution in [0.2, 0.25) is 0 Å². The van der Waals surface area contributed by atoms with Gasteiger partial charge in [-0.05, 0) is 117 Å². The van der Waals surface area contributed by atoms with E-state index in [1.807, 2.05) is 19.1 Å². The zero-order chi connectivity index (χ0) is 23.4. The van der Waals surface area contributed by atoms with Gasteiger partial charge in [0.2, 0.25) is 0 Å². The van der Waals surface area contributed by atoms with Crippen molar-refractivity contribution < 1.29 is 12.6 Å². The topological polar surface area (TPSA) is 90.1 Å². The molecule has 4 fully saturated rings. The molecule has 4 aliphatic rings. The summed E-state index contributed by atoms with van der Waals surface area (Å²) in [5.41, 5.74) is 13.2. The first kappa shape index (κ1) is 23.3. The van der Waals surface area contributed by atoms with Crippen molar-refractivity contribution in [2.45, 2.75) is 95.6 Å². The van der Waals surface area contributed by atoms with Crippen LogP contribution in [0.3, 0.4) is 0 Å². The lowest BCUT2D eigenvalue weighted by Gasteiger charge is -2.61. The van der Waals surface area contributed by atoms with E-state index in [1.54, 1.807) is 12.1 Å². The average molecular weight is 473 g/mol. The van der Waals surface area contributed by atoms with Crippen molar-refractivity contribution in [1.82, 2.24) is 5.43 Å². The Morgan fingerprint density at radius 3 is 2.39 bits per heavy atom. The van der Waals surface area contributed by atoms with Crippen LogP contribution in [0.25, 0.3) is 5.53 Å². The summed E-state index contributed by atoms with van der Waals surface area (Å²) in [6.07, 6.45) is 9.66. The number of fused-ring (bicyclic) bond motifs is 5. The highest BCUT2D eigenvalue weighted by molar-refractivity contribution is 7.86. The third-order valence-corrected chi connectivity index (χ3v) is 11.7. The summed E-state index contributed by atoms with van der Waals surface area (Å²) in [5.74, 6) is 2.57. The van der Waals surface area contributed by atoms with Crippen molar-refractivity contribution in [3.63, 3.8) is 0 Å². The summed E-state index contributed by atoms with van der Waals surface area (Å²) in [6.45, 7) is 6.76. The van der Waals surface area contributed by atoms with Crippen molar-refractivity contribution in [3.8, 4) is 0 Å². The number of hydrogen-bond acceptors (Lipinski definition) is 4. The Morgan fingerprint density at radius 2 is 1.67 bits per heavy atom. The van der Waals surface area contributed by atoms with Crippen molar-refractivity contribution >= 4 is 10.1 Å². The molecule has 1 aromatic carbocycles. The number of rotatable bonds is 5. The summed E-state index contributed by atoms with van der Waals surface area (Å²) in [5, 5.41) is 3.20. The van der Waals surface area contributed by atoms with Crippen LogP contribution in [0.15, 0.2) is 34.4 Å². The minimum absolute atomic E-state index is 0.0728. The van der Waals surface area contributed by atoms with Gasteiger partial charge in [-0.2, -0.15) is 8.42 Å². The fourth-order valence-electron chi connectivity index (χ4n) is 8.48. The van der Waals surface area contributed by atoms with Crippen LogP contribution in [0.4, 0.5) is 0 Å². The van der Waals surface area contributed by atoms with Gasteiger partial charge in [0.1, 0.15) is 0 Å².